The molecule has 0 aliphatic rings. The van der Waals surface area contributed by atoms with Crippen LogP contribution in [0.4, 0.5) is 0 Å². The lowest BCUT2D eigenvalue weighted by Crippen LogP contribution is -2.28. The minimum absolute atomic E-state index is 0.103. The quantitative estimate of drug-likeness (QED) is 0.688. The van der Waals surface area contributed by atoms with E-state index >= 15 is 0 Å². The zero-order valence-electron chi connectivity index (χ0n) is 11.8. The Balaban J connectivity index is 1.95. The second kappa shape index (κ2) is 8.11. The Kier molecular flexibility index (Phi) is 6.45. The van der Waals surface area contributed by atoms with Gasteiger partial charge in [-0.05, 0) is 30.7 Å². The number of carbonyl (C=O) groups excluding carboxylic acids is 1. The Bertz CT molecular complexity index is 658. The predicted molar refractivity (Wildman–Crippen MR) is 95.2 cm³/mol. The fraction of sp³-hybridized carbons (Fsp3) is 0.188. The van der Waals surface area contributed by atoms with Gasteiger partial charge in [-0.15, -0.1) is 11.8 Å². The molecule has 116 valence electrons. The fourth-order valence-corrected chi connectivity index (χ4v) is 3.74. The molecule has 2 aromatic carbocycles. The van der Waals surface area contributed by atoms with Gasteiger partial charge in [0, 0.05) is 9.92 Å². The van der Waals surface area contributed by atoms with Crippen molar-refractivity contribution in [3.05, 3.63) is 63.1 Å². The van der Waals surface area contributed by atoms with E-state index < -0.39 is 0 Å². The Morgan fingerprint density at radius 2 is 1.64 bits per heavy atom. The normalized spacial score (nSPS) is 12.0. The minimum Gasteiger partial charge on any atom is -0.349 e. The molecule has 2 rings (SSSR count). The van der Waals surface area contributed by atoms with E-state index in [0.717, 1.165) is 5.56 Å². The van der Waals surface area contributed by atoms with Crippen molar-refractivity contribution in [2.24, 2.45) is 0 Å². The SMILES string of the molecule is C[C@@H](NC(=O)CSc1c(Cl)cccc1Cl)c1ccccc1Cl. The number of amides is 1. The number of nitrogens with one attached hydrogen (secondary N) is 1. The largest absolute Gasteiger partial charge is 0.349 e. The van der Waals surface area contributed by atoms with Crippen LogP contribution in [-0.4, -0.2) is 11.7 Å². The van der Waals surface area contributed by atoms with Gasteiger partial charge in [0.1, 0.15) is 0 Å². The summed E-state index contributed by atoms with van der Waals surface area (Å²) in [6.45, 7) is 1.90. The molecular formula is C16H14Cl3NOS. The Labute approximate surface area is 149 Å². The highest BCUT2D eigenvalue weighted by Crippen LogP contribution is 2.33. The molecule has 0 spiro atoms. The van der Waals surface area contributed by atoms with Crippen LogP contribution in [0.3, 0.4) is 0 Å². The summed E-state index contributed by atoms with van der Waals surface area (Å²) in [5, 5.41) is 4.64. The van der Waals surface area contributed by atoms with E-state index in [9.17, 15) is 4.79 Å². The van der Waals surface area contributed by atoms with Crippen molar-refractivity contribution >= 4 is 52.5 Å². The molecule has 0 aliphatic heterocycles. The summed E-state index contributed by atoms with van der Waals surface area (Å²) in [6, 6.07) is 12.6. The molecule has 0 aromatic heterocycles. The van der Waals surface area contributed by atoms with Gasteiger partial charge in [-0.3, -0.25) is 4.79 Å². The van der Waals surface area contributed by atoms with E-state index in [2.05, 4.69) is 5.32 Å². The van der Waals surface area contributed by atoms with Crippen molar-refractivity contribution in [1.29, 1.82) is 0 Å². The molecule has 0 aliphatic carbocycles. The second-order valence-corrected chi connectivity index (χ2v) is 6.86. The van der Waals surface area contributed by atoms with Gasteiger partial charge in [0.05, 0.1) is 21.8 Å². The first kappa shape index (κ1) is 17.5. The van der Waals surface area contributed by atoms with Gasteiger partial charge in [0.25, 0.3) is 0 Å². The molecule has 0 saturated heterocycles. The molecule has 22 heavy (non-hydrogen) atoms. The van der Waals surface area contributed by atoms with E-state index in [1.165, 1.54) is 11.8 Å². The van der Waals surface area contributed by atoms with Crippen LogP contribution >= 0.6 is 46.6 Å². The van der Waals surface area contributed by atoms with Crippen molar-refractivity contribution in [2.45, 2.75) is 17.9 Å². The maximum Gasteiger partial charge on any atom is 0.230 e. The van der Waals surface area contributed by atoms with Gasteiger partial charge in [-0.2, -0.15) is 0 Å². The molecule has 0 unspecified atom stereocenters. The van der Waals surface area contributed by atoms with Crippen LogP contribution in [-0.2, 0) is 4.79 Å². The highest BCUT2D eigenvalue weighted by Gasteiger charge is 2.14. The number of hydrogen-bond acceptors (Lipinski definition) is 2. The Morgan fingerprint density at radius 3 is 2.27 bits per heavy atom. The van der Waals surface area contributed by atoms with Crippen molar-refractivity contribution in [3.63, 3.8) is 0 Å². The molecule has 2 nitrogen and oxygen atoms in total. The summed E-state index contributed by atoms with van der Waals surface area (Å²) in [5.74, 6) is 0.131. The lowest BCUT2D eigenvalue weighted by atomic mass is 10.1. The number of carbonyl (C=O) groups is 1. The monoisotopic (exact) mass is 373 g/mol. The van der Waals surface area contributed by atoms with Gasteiger partial charge in [-0.25, -0.2) is 0 Å². The molecule has 0 saturated carbocycles. The Morgan fingerprint density at radius 1 is 1.05 bits per heavy atom. The zero-order valence-corrected chi connectivity index (χ0v) is 14.9. The first-order valence-electron chi connectivity index (χ1n) is 6.59. The first-order chi connectivity index (χ1) is 10.5. The van der Waals surface area contributed by atoms with Crippen LogP contribution in [0.2, 0.25) is 15.1 Å². The first-order valence-corrected chi connectivity index (χ1v) is 8.71. The van der Waals surface area contributed by atoms with E-state index in [0.29, 0.717) is 20.0 Å². The molecule has 2 aromatic rings. The Hall–Kier alpha value is -0.870. The van der Waals surface area contributed by atoms with Gasteiger partial charge in [-0.1, -0.05) is 59.1 Å². The van der Waals surface area contributed by atoms with Crippen molar-refractivity contribution in [2.75, 3.05) is 5.75 Å². The van der Waals surface area contributed by atoms with Gasteiger partial charge in [0.2, 0.25) is 5.91 Å². The third kappa shape index (κ3) is 4.56. The average Bonchev–Trinajstić information content (AvgIpc) is 2.47. The second-order valence-electron chi connectivity index (χ2n) is 4.65. The maximum atomic E-state index is 12.1. The van der Waals surface area contributed by atoms with Crippen molar-refractivity contribution in [1.82, 2.24) is 5.32 Å². The molecule has 0 bridgehead atoms. The highest BCUT2D eigenvalue weighted by molar-refractivity contribution is 8.00. The standard InChI is InChI=1S/C16H14Cl3NOS/c1-10(11-5-2-3-6-12(11)17)20-15(21)9-22-16-13(18)7-4-8-14(16)19/h2-8,10H,9H2,1H3,(H,20,21)/t10-/m1/s1. The molecule has 0 heterocycles. The van der Waals surface area contributed by atoms with Crippen LogP contribution in [0.5, 0.6) is 0 Å². The van der Waals surface area contributed by atoms with Gasteiger partial charge in [0.15, 0.2) is 0 Å². The molecule has 1 N–H and O–H groups in total. The topological polar surface area (TPSA) is 29.1 Å². The third-order valence-corrected chi connectivity index (χ3v) is 5.35. The number of hydrogen-bond donors (Lipinski definition) is 1. The molecule has 0 fully saturated rings. The lowest BCUT2D eigenvalue weighted by Gasteiger charge is -2.15. The molecule has 6 heteroatoms. The summed E-state index contributed by atoms with van der Waals surface area (Å²) >= 11 is 19.6. The summed E-state index contributed by atoms with van der Waals surface area (Å²) in [4.78, 5) is 12.8. The van der Waals surface area contributed by atoms with Gasteiger partial charge < -0.3 is 5.32 Å². The van der Waals surface area contributed by atoms with Crippen LogP contribution < -0.4 is 5.32 Å². The number of thioether (sulfide) groups is 1. The van der Waals surface area contributed by atoms with E-state index in [-0.39, 0.29) is 17.7 Å². The fourth-order valence-electron chi connectivity index (χ4n) is 1.95. The number of rotatable bonds is 5. The van der Waals surface area contributed by atoms with Crippen LogP contribution in [0.1, 0.15) is 18.5 Å². The highest BCUT2D eigenvalue weighted by atomic mass is 35.5. The smallest absolute Gasteiger partial charge is 0.230 e. The van der Waals surface area contributed by atoms with Crippen molar-refractivity contribution < 1.29 is 4.79 Å². The minimum atomic E-state index is -0.163. The average molecular weight is 375 g/mol. The molecular weight excluding hydrogens is 361 g/mol. The summed E-state index contributed by atoms with van der Waals surface area (Å²) in [7, 11) is 0. The zero-order chi connectivity index (χ0) is 16.1. The van der Waals surface area contributed by atoms with E-state index in [1.807, 2.05) is 25.1 Å². The summed E-state index contributed by atoms with van der Waals surface area (Å²) in [5.41, 5.74) is 0.887. The summed E-state index contributed by atoms with van der Waals surface area (Å²) < 4.78 is 0. The predicted octanol–water partition coefficient (Wildman–Crippen LogP) is 5.62. The van der Waals surface area contributed by atoms with E-state index in [4.69, 9.17) is 34.8 Å². The molecule has 1 atom stereocenters. The van der Waals surface area contributed by atoms with Gasteiger partial charge >= 0.3 is 0 Å². The number of halogens is 3. The van der Waals surface area contributed by atoms with Crippen LogP contribution in [0, 0.1) is 0 Å². The number of benzene rings is 2. The lowest BCUT2D eigenvalue weighted by molar-refractivity contribution is -0.119. The molecule has 0 radical (unpaired) electrons. The molecule has 1 amide bonds. The van der Waals surface area contributed by atoms with Crippen LogP contribution in [0.25, 0.3) is 0 Å². The summed E-state index contributed by atoms with van der Waals surface area (Å²) in [6.07, 6.45) is 0. The van der Waals surface area contributed by atoms with Crippen molar-refractivity contribution in [3.8, 4) is 0 Å². The third-order valence-electron chi connectivity index (χ3n) is 3.02. The maximum absolute atomic E-state index is 12.1. The van der Waals surface area contributed by atoms with Crippen LogP contribution in [0.15, 0.2) is 47.4 Å². The van der Waals surface area contributed by atoms with E-state index in [1.54, 1.807) is 24.3 Å².